The molecule has 198 valence electrons. The van der Waals surface area contributed by atoms with Crippen molar-refractivity contribution < 1.29 is 0 Å². The van der Waals surface area contributed by atoms with Gasteiger partial charge in [0.1, 0.15) is 6.04 Å². The molecular weight excluding hydrogens is 462 g/mol. The first-order valence-electron chi connectivity index (χ1n) is 14.5. The third-order valence-electron chi connectivity index (χ3n) is 9.11. The van der Waals surface area contributed by atoms with E-state index in [-0.39, 0.29) is 11.6 Å². The molecule has 1 aromatic carbocycles. The largest absolute Gasteiger partial charge is 0.321 e. The van der Waals surface area contributed by atoms with Crippen LogP contribution >= 0.6 is 0 Å². The second kappa shape index (κ2) is 10.7. The quantitative estimate of drug-likeness (QED) is 0.545. The summed E-state index contributed by atoms with van der Waals surface area (Å²) >= 11 is 0. The molecule has 2 aromatic heterocycles. The molecule has 1 atom stereocenters. The number of nitrogens with one attached hydrogen (secondary N) is 1. The Bertz CT molecular complexity index is 1280. The zero-order valence-corrected chi connectivity index (χ0v) is 22.5. The Morgan fingerprint density at radius 1 is 0.865 bits per heavy atom. The molecular formula is C29H41N7O. The zero-order chi connectivity index (χ0) is 25.4. The molecule has 0 amide bonds. The first-order chi connectivity index (χ1) is 18.1. The highest BCUT2D eigenvalue weighted by Gasteiger charge is 2.35. The summed E-state index contributed by atoms with van der Waals surface area (Å²) in [5.41, 5.74) is 3.95. The molecule has 6 rings (SSSR count). The fourth-order valence-electron chi connectivity index (χ4n) is 7.18. The van der Waals surface area contributed by atoms with Crippen LogP contribution in [-0.4, -0.2) is 67.2 Å². The molecule has 3 aliphatic rings. The number of benzene rings is 1. The summed E-state index contributed by atoms with van der Waals surface area (Å²) in [5, 5.41) is 14.3. The number of pyridine rings is 1. The minimum Gasteiger partial charge on any atom is -0.321 e. The normalized spacial score (nSPS) is 22.0. The van der Waals surface area contributed by atoms with E-state index in [1.165, 1.54) is 56.9 Å². The first-order valence-corrected chi connectivity index (χ1v) is 14.5. The third-order valence-corrected chi connectivity index (χ3v) is 9.11. The average Bonchev–Trinajstić information content (AvgIpc) is 3.40. The van der Waals surface area contributed by atoms with E-state index in [0.717, 1.165) is 72.9 Å². The van der Waals surface area contributed by atoms with Crippen molar-refractivity contribution in [2.24, 2.45) is 0 Å². The van der Waals surface area contributed by atoms with E-state index in [1.807, 2.05) is 0 Å². The zero-order valence-electron chi connectivity index (χ0n) is 22.5. The van der Waals surface area contributed by atoms with Gasteiger partial charge in [0.25, 0.3) is 5.56 Å². The number of aryl methyl sites for hydroxylation is 2. The van der Waals surface area contributed by atoms with Gasteiger partial charge in [-0.15, -0.1) is 5.10 Å². The number of aromatic amines is 1. The molecule has 37 heavy (non-hydrogen) atoms. The maximum Gasteiger partial charge on any atom is 0.253 e. The van der Waals surface area contributed by atoms with Crippen LogP contribution in [0.3, 0.4) is 0 Å². The van der Waals surface area contributed by atoms with Crippen molar-refractivity contribution in [1.82, 2.24) is 35.0 Å². The molecule has 1 saturated heterocycles. The van der Waals surface area contributed by atoms with Gasteiger partial charge in [0.05, 0.1) is 11.6 Å². The Labute approximate surface area is 219 Å². The van der Waals surface area contributed by atoms with Crippen LogP contribution in [0.2, 0.25) is 0 Å². The summed E-state index contributed by atoms with van der Waals surface area (Å²) in [6.45, 7) is 8.09. The van der Waals surface area contributed by atoms with Crippen LogP contribution in [0.15, 0.2) is 23.0 Å². The smallest absolute Gasteiger partial charge is 0.253 e. The summed E-state index contributed by atoms with van der Waals surface area (Å²) in [4.78, 5) is 22.1. The highest BCUT2D eigenvalue weighted by atomic mass is 16.1. The van der Waals surface area contributed by atoms with Crippen LogP contribution in [0.5, 0.6) is 0 Å². The summed E-state index contributed by atoms with van der Waals surface area (Å²) in [5.74, 6) is 0.826. The number of fused-ring (bicyclic) bond motifs is 1. The summed E-state index contributed by atoms with van der Waals surface area (Å²) in [6.07, 6.45) is 12.7. The summed E-state index contributed by atoms with van der Waals surface area (Å²) in [6, 6.07) is 7.19. The van der Waals surface area contributed by atoms with Gasteiger partial charge in [-0.25, -0.2) is 4.68 Å². The fraction of sp³-hybridized carbons (Fsp3) is 0.655. The molecule has 0 radical (unpaired) electrons. The minimum absolute atomic E-state index is 0.0302. The SMILES string of the molecule is Cc1cc(C)c2[nH]c(=O)c(C(c3nnnn3C3CCCCC3)N3CCN(C4CCCCC4)CC3)cc2c1. The number of rotatable bonds is 5. The summed E-state index contributed by atoms with van der Waals surface area (Å²) in [7, 11) is 0. The third kappa shape index (κ3) is 4.98. The number of aromatic nitrogens is 5. The lowest BCUT2D eigenvalue weighted by molar-refractivity contribution is 0.0610. The summed E-state index contributed by atoms with van der Waals surface area (Å²) < 4.78 is 2.06. The maximum absolute atomic E-state index is 13.7. The van der Waals surface area contributed by atoms with E-state index in [9.17, 15) is 4.79 Å². The van der Waals surface area contributed by atoms with Crippen LogP contribution in [-0.2, 0) is 0 Å². The van der Waals surface area contributed by atoms with Gasteiger partial charge in [-0.05, 0) is 73.0 Å². The molecule has 2 aliphatic carbocycles. The molecule has 1 N–H and O–H groups in total. The first kappa shape index (κ1) is 24.7. The van der Waals surface area contributed by atoms with Gasteiger partial charge in [0.2, 0.25) is 0 Å². The molecule has 3 fully saturated rings. The highest BCUT2D eigenvalue weighted by Crippen LogP contribution is 2.34. The average molecular weight is 504 g/mol. The lowest BCUT2D eigenvalue weighted by Crippen LogP contribution is -2.52. The molecule has 8 heteroatoms. The van der Waals surface area contributed by atoms with E-state index in [4.69, 9.17) is 0 Å². The highest BCUT2D eigenvalue weighted by molar-refractivity contribution is 5.83. The number of nitrogens with zero attached hydrogens (tertiary/aromatic N) is 6. The molecule has 8 nitrogen and oxygen atoms in total. The molecule has 1 aliphatic heterocycles. The number of hydrogen-bond donors (Lipinski definition) is 1. The predicted octanol–water partition coefficient (Wildman–Crippen LogP) is 4.68. The monoisotopic (exact) mass is 503 g/mol. The lowest BCUT2D eigenvalue weighted by Gasteiger charge is -2.43. The van der Waals surface area contributed by atoms with Crippen LogP contribution in [0.25, 0.3) is 10.9 Å². The van der Waals surface area contributed by atoms with Crippen LogP contribution in [0, 0.1) is 13.8 Å². The fourth-order valence-corrected chi connectivity index (χ4v) is 7.18. The second-order valence-electron chi connectivity index (χ2n) is 11.6. The molecule has 1 unspecified atom stereocenters. The Hall–Kier alpha value is -2.58. The maximum atomic E-state index is 13.7. The number of tetrazole rings is 1. The molecule has 3 heterocycles. The van der Waals surface area contributed by atoms with Crippen LogP contribution in [0.1, 0.15) is 98.8 Å². The Morgan fingerprint density at radius 3 is 2.24 bits per heavy atom. The second-order valence-corrected chi connectivity index (χ2v) is 11.6. The van der Waals surface area contributed by atoms with E-state index in [0.29, 0.717) is 6.04 Å². The van der Waals surface area contributed by atoms with Gasteiger partial charge < -0.3 is 4.98 Å². The molecule has 3 aromatic rings. The molecule has 0 spiro atoms. The lowest BCUT2D eigenvalue weighted by atomic mass is 9.93. The van der Waals surface area contributed by atoms with E-state index < -0.39 is 0 Å². The minimum atomic E-state index is -0.251. The van der Waals surface area contributed by atoms with E-state index in [2.05, 4.69) is 67.0 Å². The standard InChI is InChI=1S/C29H41N7O/c1-20-17-21(2)26-22(18-20)19-25(29(37)30-26)27(28-31-32-33-36(28)24-11-7-4-8-12-24)35-15-13-34(14-16-35)23-9-5-3-6-10-23/h17-19,23-24,27H,3-16H2,1-2H3,(H,30,37). The van der Waals surface area contributed by atoms with Crippen molar-refractivity contribution in [3.8, 4) is 0 Å². The van der Waals surface area contributed by atoms with Gasteiger partial charge in [-0.2, -0.15) is 0 Å². The van der Waals surface area contributed by atoms with Crippen molar-refractivity contribution in [3.63, 3.8) is 0 Å². The van der Waals surface area contributed by atoms with Gasteiger partial charge in [0, 0.05) is 37.8 Å². The van der Waals surface area contributed by atoms with Crippen LogP contribution < -0.4 is 5.56 Å². The Morgan fingerprint density at radius 2 is 1.54 bits per heavy atom. The number of piperazine rings is 1. The number of hydrogen-bond acceptors (Lipinski definition) is 6. The van der Waals surface area contributed by atoms with Crippen molar-refractivity contribution in [2.45, 2.75) is 96.2 Å². The Balaban J connectivity index is 1.38. The molecule has 2 saturated carbocycles. The molecule has 0 bridgehead atoms. The van der Waals surface area contributed by atoms with Crippen molar-refractivity contribution in [3.05, 3.63) is 51.1 Å². The topological polar surface area (TPSA) is 82.9 Å². The van der Waals surface area contributed by atoms with Gasteiger partial charge in [0.15, 0.2) is 5.82 Å². The van der Waals surface area contributed by atoms with E-state index >= 15 is 0 Å². The van der Waals surface area contributed by atoms with Gasteiger partial charge in [-0.3, -0.25) is 14.6 Å². The van der Waals surface area contributed by atoms with Crippen LogP contribution in [0.4, 0.5) is 0 Å². The predicted molar refractivity (Wildman–Crippen MR) is 146 cm³/mol. The van der Waals surface area contributed by atoms with Crippen molar-refractivity contribution in [2.75, 3.05) is 26.2 Å². The van der Waals surface area contributed by atoms with E-state index in [1.54, 1.807) is 0 Å². The Kier molecular flexibility index (Phi) is 7.12. The number of H-pyrrole nitrogens is 1. The van der Waals surface area contributed by atoms with Crippen molar-refractivity contribution >= 4 is 10.9 Å². The van der Waals surface area contributed by atoms with Crippen molar-refractivity contribution in [1.29, 1.82) is 0 Å². The van der Waals surface area contributed by atoms with Gasteiger partial charge in [-0.1, -0.05) is 50.2 Å². The van der Waals surface area contributed by atoms with Gasteiger partial charge >= 0.3 is 0 Å².